The second kappa shape index (κ2) is 14.9. The maximum Gasteiger partial charge on any atom is 0.224 e. The van der Waals surface area contributed by atoms with Crippen molar-refractivity contribution in [1.29, 1.82) is 0 Å². The fraction of sp³-hybridized carbons (Fsp3) is 0.324. The number of hydrogen-bond donors (Lipinski definition) is 1. The van der Waals surface area contributed by atoms with E-state index in [9.17, 15) is 28.4 Å². The first-order valence-corrected chi connectivity index (χ1v) is 13.8. The second-order valence-corrected chi connectivity index (χ2v) is 10.7. The van der Waals surface area contributed by atoms with Crippen LogP contribution in [0.2, 0.25) is 0 Å². The molecule has 41 heavy (non-hydrogen) atoms. The number of benzene rings is 3. The van der Waals surface area contributed by atoms with Crippen molar-refractivity contribution in [1.82, 2.24) is 5.32 Å². The Morgan fingerprint density at radius 1 is 0.732 bits per heavy atom. The van der Waals surface area contributed by atoms with Gasteiger partial charge < -0.3 is 5.32 Å². The Labute approximate surface area is 240 Å². The van der Waals surface area contributed by atoms with Crippen molar-refractivity contribution in [2.75, 3.05) is 0 Å². The van der Waals surface area contributed by atoms with Crippen molar-refractivity contribution < 1.29 is 28.4 Å². The molecule has 7 heteroatoms. The number of Topliss-reactive ketones (excluding diaryl/α,β-unsaturated/α-hetero) is 4. The standard InChI is InChI=1S/C34H36FNO5/c1-22(2)29(33(40)32(39)19-25-14-16-28(35)17-15-25)21-30(37)23(3)36-34(41)27(18-24-10-6-4-7-11-24)20-31(38)26-12-8-5-9-13-26/h4-17,22-23,27,29H,18-21H2,1-3H3,(H,36,41)/t23-,27+,29-/m0/s1. The number of halogens is 1. The molecule has 0 saturated carbocycles. The number of ketones is 4. The van der Waals surface area contributed by atoms with Gasteiger partial charge in [0.1, 0.15) is 5.82 Å². The molecule has 3 aromatic carbocycles. The quantitative estimate of drug-likeness (QED) is 0.200. The fourth-order valence-electron chi connectivity index (χ4n) is 4.64. The molecule has 1 N–H and O–H groups in total. The summed E-state index contributed by atoms with van der Waals surface area (Å²) in [5, 5.41) is 2.74. The second-order valence-electron chi connectivity index (χ2n) is 10.7. The lowest BCUT2D eigenvalue weighted by Gasteiger charge is -2.23. The summed E-state index contributed by atoms with van der Waals surface area (Å²) in [6.07, 6.45) is -0.105. The lowest BCUT2D eigenvalue weighted by atomic mass is 9.83. The summed E-state index contributed by atoms with van der Waals surface area (Å²) in [5.41, 5.74) is 1.90. The van der Waals surface area contributed by atoms with E-state index in [0.29, 0.717) is 17.5 Å². The Morgan fingerprint density at radius 3 is 1.90 bits per heavy atom. The van der Waals surface area contributed by atoms with Crippen molar-refractivity contribution in [2.24, 2.45) is 17.8 Å². The lowest BCUT2D eigenvalue weighted by Crippen LogP contribution is -2.44. The zero-order valence-electron chi connectivity index (χ0n) is 23.6. The lowest BCUT2D eigenvalue weighted by molar-refractivity contribution is -0.141. The number of carbonyl (C=O) groups is 5. The molecular formula is C34H36FNO5. The van der Waals surface area contributed by atoms with Gasteiger partial charge in [-0.05, 0) is 42.5 Å². The van der Waals surface area contributed by atoms with Crippen LogP contribution in [0.25, 0.3) is 0 Å². The molecule has 0 fully saturated rings. The van der Waals surface area contributed by atoms with E-state index in [1.54, 1.807) is 45.0 Å². The predicted octanol–water partition coefficient (Wildman–Crippen LogP) is 5.37. The maximum absolute atomic E-state index is 13.4. The number of nitrogens with one attached hydrogen (secondary N) is 1. The van der Waals surface area contributed by atoms with Gasteiger partial charge in [0.15, 0.2) is 11.6 Å². The molecule has 6 nitrogen and oxygen atoms in total. The third-order valence-corrected chi connectivity index (χ3v) is 7.18. The van der Waals surface area contributed by atoms with Crippen molar-refractivity contribution in [3.63, 3.8) is 0 Å². The Morgan fingerprint density at radius 2 is 1.32 bits per heavy atom. The van der Waals surface area contributed by atoms with E-state index in [0.717, 1.165) is 5.56 Å². The Hall–Kier alpha value is -4.26. The van der Waals surface area contributed by atoms with Gasteiger partial charge in [-0.1, -0.05) is 86.6 Å². The van der Waals surface area contributed by atoms with Crippen LogP contribution in [-0.2, 0) is 32.0 Å². The van der Waals surface area contributed by atoms with Crippen LogP contribution in [0.3, 0.4) is 0 Å². The van der Waals surface area contributed by atoms with E-state index in [4.69, 9.17) is 0 Å². The Bertz CT molecular complexity index is 1350. The van der Waals surface area contributed by atoms with Crippen molar-refractivity contribution >= 4 is 29.0 Å². The van der Waals surface area contributed by atoms with Crippen molar-refractivity contribution in [3.05, 3.63) is 107 Å². The number of rotatable bonds is 15. The van der Waals surface area contributed by atoms with Crippen LogP contribution in [0, 0.1) is 23.6 Å². The van der Waals surface area contributed by atoms with Gasteiger partial charge in [0.25, 0.3) is 0 Å². The summed E-state index contributed by atoms with van der Waals surface area (Å²) in [6.45, 7) is 5.06. The molecule has 0 aliphatic heterocycles. The smallest absolute Gasteiger partial charge is 0.224 e. The summed E-state index contributed by atoms with van der Waals surface area (Å²) in [4.78, 5) is 65.2. The van der Waals surface area contributed by atoms with Crippen LogP contribution in [0.1, 0.15) is 55.1 Å². The first-order chi connectivity index (χ1) is 19.5. The molecule has 0 bridgehead atoms. The number of hydrogen-bond acceptors (Lipinski definition) is 5. The SMILES string of the molecule is CC(C)[C@H](CC(=O)[C@H](C)NC(=O)[C@@H](CC(=O)c1ccccc1)Cc1ccccc1)C(=O)C(=O)Cc1ccc(F)cc1. The summed E-state index contributed by atoms with van der Waals surface area (Å²) in [5.74, 6) is -4.59. The highest BCUT2D eigenvalue weighted by molar-refractivity contribution is 6.38. The number of carbonyl (C=O) groups excluding carboxylic acids is 5. The maximum atomic E-state index is 13.4. The van der Waals surface area contributed by atoms with Gasteiger partial charge >= 0.3 is 0 Å². The minimum atomic E-state index is -0.922. The van der Waals surface area contributed by atoms with Gasteiger partial charge in [-0.25, -0.2) is 4.39 Å². The average Bonchev–Trinajstić information content (AvgIpc) is 2.96. The molecule has 3 aromatic rings. The molecule has 1 amide bonds. The normalized spacial score (nSPS) is 13.2. The van der Waals surface area contributed by atoms with Gasteiger partial charge in [0.05, 0.1) is 6.04 Å². The third-order valence-electron chi connectivity index (χ3n) is 7.18. The summed E-state index contributed by atoms with van der Waals surface area (Å²) in [7, 11) is 0. The van der Waals surface area contributed by atoms with E-state index < -0.39 is 41.2 Å². The molecule has 3 rings (SSSR count). The van der Waals surface area contributed by atoms with Gasteiger partial charge in [-0.2, -0.15) is 0 Å². The molecule has 0 aromatic heterocycles. The highest BCUT2D eigenvalue weighted by atomic mass is 19.1. The van der Waals surface area contributed by atoms with E-state index in [1.807, 2.05) is 36.4 Å². The molecule has 0 aliphatic rings. The van der Waals surface area contributed by atoms with Gasteiger partial charge in [-0.3, -0.25) is 24.0 Å². The van der Waals surface area contributed by atoms with E-state index >= 15 is 0 Å². The van der Waals surface area contributed by atoms with Gasteiger partial charge in [0, 0.05) is 36.7 Å². The van der Waals surface area contributed by atoms with Crippen LogP contribution in [-0.4, -0.2) is 35.1 Å². The molecule has 0 saturated heterocycles. The Balaban J connectivity index is 1.67. The number of amides is 1. The fourth-order valence-corrected chi connectivity index (χ4v) is 4.64. The average molecular weight is 558 g/mol. The Kier molecular flexibility index (Phi) is 11.4. The first-order valence-electron chi connectivity index (χ1n) is 13.8. The van der Waals surface area contributed by atoms with Crippen molar-refractivity contribution in [2.45, 2.75) is 52.5 Å². The molecule has 3 atom stereocenters. The summed E-state index contributed by atoms with van der Waals surface area (Å²) in [6, 6.07) is 22.5. The first kappa shape index (κ1) is 31.3. The van der Waals surface area contributed by atoms with E-state index in [-0.39, 0.29) is 36.7 Å². The molecule has 0 heterocycles. The summed E-state index contributed by atoms with van der Waals surface area (Å²) >= 11 is 0. The largest absolute Gasteiger partial charge is 0.346 e. The third kappa shape index (κ3) is 9.41. The minimum Gasteiger partial charge on any atom is -0.346 e. The van der Waals surface area contributed by atoms with Crippen LogP contribution < -0.4 is 5.32 Å². The van der Waals surface area contributed by atoms with Gasteiger partial charge in [0.2, 0.25) is 17.5 Å². The molecule has 0 spiro atoms. The van der Waals surface area contributed by atoms with Crippen LogP contribution in [0.4, 0.5) is 4.39 Å². The van der Waals surface area contributed by atoms with E-state index in [1.165, 1.54) is 24.3 Å². The molecule has 0 unspecified atom stereocenters. The van der Waals surface area contributed by atoms with Crippen LogP contribution in [0.5, 0.6) is 0 Å². The van der Waals surface area contributed by atoms with Crippen LogP contribution in [0.15, 0.2) is 84.9 Å². The highest BCUT2D eigenvalue weighted by Crippen LogP contribution is 2.21. The topological polar surface area (TPSA) is 97.4 Å². The summed E-state index contributed by atoms with van der Waals surface area (Å²) < 4.78 is 13.2. The highest BCUT2D eigenvalue weighted by Gasteiger charge is 2.32. The van der Waals surface area contributed by atoms with Gasteiger partial charge in [-0.15, -0.1) is 0 Å². The zero-order chi connectivity index (χ0) is 29.9. The molecular weight excluding hydrogens is 521 g/mol. The van der Waals surface area contributed by atoms with Crippen LogP contribution >= 0.6 is 0 Å². The zero-order valence-corrected chi connectivity index (χ0v) is 23.6. The predicted molar refractivity (Wildman–Crippen MR) is 155 cm³/mol. The molecule has 0 aliphatic carbocycles. The minimum absolute atomic E-state index is 0.0311. The molecule has 214 valence electrons. The monoisotopic (exact) mass is 557 g/mol. The van der Waals surface area contributed by atoms with Crippen molar-refractivity contribution in [3.8, 4) is 0 Å². The van der Waals surface area contributed by atoms with E-state index in [2.05, 4.69) is 5.32 Å². The molecule has 0 radical (unpaired) electrons.